The zero-order chi connectivity index (χ0) is 23.4. The summed E-state index contributed by atoms with van der Waals surface area (Å²) in [6.45, 7) is 1.41. The number of rotatable bonds is 7. The molecule has 0 atom stereocenters. The first-order valence-electron chi connectivity index (χ1n) is 11.3. The third-order valence-electron chi connectivity index (χ3n) is 6.25. The number of hydrogen-bond acceptors (Lipinski definition) is 5. The standard InChI is InChI=1S/C25H29BrFN5O/c1-32(2)23-20-5-3-4-6-22(20)30-25(31-23)29-15-17-9-7-16(8-10-17)14-28-24(33)19-12-11-18(26)13-21(19)27/h3-6,11-13,16-17H,7-10,14-15H2,1-2H3,(H,28,33)(H,29,30,31). The molecule has 3 aromatic rings. The van der Waals surface area contributed by atoms with Gasteiger partial charge in [-0.3, -0.25) is 4.79 Å². The minimum atomic E-state index is -0.509. The van der Waals surface area contributed by atoms with Gasteiger partial charge in [0.2, 0.25) is 5.95 Å². The smallest absolute Gasteiger partial charge is 0.254 e. The van der Waals surface area contributed by atoms with E-state index in [9.17, 15) is 9.18 Å². The first kappa shape index (κ1) is 23.4. The molecule has 1 aliphatic rings. The molecule has 33 heavy (non-hydrogen) atoms. The number of nitrogens with zero attached hydrogens (tertiary/aromatic N) is 3. The zero-order valence-corrected chi connectivity index (χ0v) is 20.5. The normalized spacial score (nSPS) is 18.2. The molecule has 1 aromatic heterocycles. The summed E-state index contributed by atoms with van der Waals surface area (Å²) in [6.07, 6.45) is 4.23. The minimum Gasteiger partial charge on any atom is -0.362 e. The van der Waals surface area contributed by atoms with Crippen LogP contribution >= 0.6 is 15.9 Å². The third kappa shape index (κ3) is 5.79. The maximum atomic E-state index is 14.0. The first-order valence-corrected chi connectivity index (χ1v) is 12.1. The van der Waals surface area contributed by atoms with Gasteiger partial charge in [0, 0.05) is 37.0 Å². The lowest BCUT2D eigenvalue weighted by molar-refractivity contribution is 0.0937. The predicted molar refractivity (Wildman–Crippen MR) is 134 cm³/mol. The van der Waals surface area contributed by atoms with Crippen LogP contribution in [0.4, 0.5) is 16.2 Å². The molecule has 0 unspecified atom stereocenters. The van der Waals surface area contributed by atoms with Crippen molar-refractivity contribution in [2.75, 3.05) is 37.4 Å². The molecule has 1 saturated carbocycles. The second-order valence-electron chi connectivity index (χ2n) is 8.88. The molecule has 0 radical (unpaired) electrons. The van der Waals surface area contributed by atoms with Crippen LogP contribution in [-0.2, 0) is 0 Å². The van der Waals surface area contributed by atoms with Gasteiger partial charge in [-0.25, -0.2) is 9.37 Å². The highest BCUT2D eigenvalue weighted by molar-refractivity contribution is 9.10. The molecule has 0 saturated heterocycles. The number of anilines is 2. The maximum absolute atomic E-state index is 14.0. The fraction of sp³-hybridized carbons (Fsp3) is 0.400. The molecule has 2 N–H and O–H groups in total. The summed E-state index contributed by atoms with van der Waals surface area (Å²) in [5, 5.41) is 7.38. The van der Waals surface area contributed by atoms with E-state index in [1.54, 1.807) is 6.07 Å². The molecule has 1 fully saturated rings. The van der Waals surface area contributed by atoms with Gasteiger partial charge in [0.15, 0.2) is 0 Å². The largest absolute Gasteiger partial charge is 0.362 e. The molecule has 4 rings (SSSR count). The molecular formula is C25H29BrFN5O. The Morgan fingerprint density at radius 2 is 1.76 bits per heavy atom. The molecule has 1 aliphatic carbocycles. The number of carbonyl (C=O) groups is 1. The number of carbonyl (C=O) groups excluding carboxylic acids is 1. The second-order valence-corrected chi connectivity index (χ2v) is 9.80. The van der Waals surface area contributed by atoms with Crippen LogP contribution in [0.2, 0.25) is 0 Å². The van der Waals surface area contributed by atoms with Crippen molar-refractivity contribution in [1.29, 1.82) is 0 Å². The fourth-order valence-corrected chi connectivity index (χ4v) is 4.69. The highest BCUT2D eigenvalue weighted by Crippen LogP contribution is 2.29. The fourth-order valence-electron chi connectivity index (χ4n) is 4.36. The average molecular weight is 514 g/mol. The van der Waals surface area contributed by atoms with Gasteiger partial charge >= 0.3 is 0 Å². The summed E-state index contributed by atoms with van der Waals surface area (Å²) in [5.74, 6) is 1.66. The van der Waals surface area contributed by atoms with Gasteiger partial charge in [-0.1, -0.05) is 28.1 Å². The van der Waals surface area contributed by atoms with Crippen LogP contribution in [0, 0.1) is 17.7 Å². The van der Waals surface area contributed by atoms with Crippen LogP contribution in [0.5, 0.6) is 0 Å². The van der Waals surface area contributed by atoms with E-state index in [0.29, 0.717) is 28.8 Å². The number of halogens is 2. The molecule has 1 heterocycles. The van der Waals surface area contributed by atoms with E-state index in [1.165, 1.54) is 12.1 Å². The first-order chi connectivity index (χ1) is 15.9. The molecule has 174 valence electrons. The van der Waals surface area contributed by atoms with Crippen LogP contribution in [-0.4, -0.2) is 43.1 Å². The predicted octanol–water partition coefficient (Wildman–Crippen LogP) is 5.25. The van der Waals surface area contributed by atoms with Gasteiger partial charge in [-0.05, 0) is 67.9 Å². The van der Waals surface area contributed by atoms with Crippen molar-refractivity contribution in [2.45, 2.75) is 25.7 Å². The molecule has 0 bridgehead atoms. The Kier molecular flexibility index (Phi) is 7.42. The highest BCUT2D eigenvalue weighted by atomic mass is 79.9. The summed E-state index contributed by atoms with van der Waals surface area (Å²) in [6, 6.07) is 12.5. The van der Waals surface area contributed by atoms with Gasteiger partial charge in [0.05, 0.1) is 11.1 Å². The Balaban J connectivity index is 1.26. The number of benzene rings is 2. The molecule has 0 spiro atoms. The molecular weight excluding hydrogens is 485 g/mol. The lowest BCUT2D eigenvalue weighted by Gasteiger charge is -2.29. The van der Waals surface area contributed by atoms with E-state index in [2.05, 4.69) is 31.5 Å². The van der Waals surface area contributed by atoms with Gasteiger partial charge < -0.3 is 15.5 Å². The Labute approximate surface area is 202 Å². The van der Waals surface area contributed by atoms with Crippen LogP contribution in [0.15, 0.2) is 46.9 Å². The van der Waals surface area contributed by atoms with Crippen molar-refractivity contribution in [3.63, 3.8) is 0 Å². The number of aromatic nitrogens is 2. The van der Waals surface area contributed by atoms with Crippen molar-refractivity contribution in [1.82, 2.24) is 15.3 Å². The van der Waals surface area contributed by atoms with Gasteiger partial charge in [-0.15, -0.1) is 0 Å². The Morgan fingerprint density at radius 3 is 2.45 bits per heavy atom. The van der Waals surface area contributed by atoms with E-state index in [0.717, 1.165) is 48.9 Å². The van der Waals surface area contributed by atoms with E-state index in [4.69, 9.17) is 4.98 Å². The maximum Gasteiger partial charge on any atom is 0.254 e. The Bertz CT molecular complexity index is 1130. The molecule has 0 aliphatic heterocycles. The monoisotopic (exact) mass is 513 g/mol. The van der Waals surface area contributed by atoms with Crippen molar-refractivity contribution >= 4 is 44.5 Å². The van der Waals surface area contributed by atoms with E-state index >= 15 is 0 Å². The lowest BCUT2D eigenvalue weighted by atomic mass is 9.82. The lowest BCUT2D eigenvalue weighted by Crippen LogP contribution is -2.32. The third-order valence-corrected chi connectivity index (χ3v) is 6.74. The number of fused-ring (bicyclic) bond motifs is 1. The summed E-state index contributed by atoms with van der Waals surface area (Å²) < 4.78 is 14.6. The number of para-hydroxylation sites is 1. The summed E-state index contributed by atoms with van der Waals surface area (Å²) >= 11 is 3.21. The number of amides is 1. The van der Waals surface area contributed by atoms with Crippen LogP contribution < -0.4 is 15.5 Å². The number of nitrogens with one attached hydrogen (secondary N) is 2. The molecule has 6 nitrogen and oxygen atoms in total. The minimum absolute atomic E-state index is 0.0866. The molecule has 8 heteroatoms. The zero-order valence-electron chi connectivity index (χ0n) is 18.9. The average Bonchev–Trinajstić information content (AvgIpc) is 2.81. The SMILES string of the molecule is CN(C)c1nc(NCC2CCC(CNC(=O)c3ccc(Br)cc3F)CC2)nc2ccccc12. The van der Waals surface area contributed by atoms with Crippen LogP contribution in [0.3, 0.4) is 0 Å². The van der Waals surface area contributed by atoms with Gasteiger partial charge in [0.1, 0.15) is 11.6 Å². The van der Waals surface area contributed by atoms with E-state index in [-0.39, 0.29) is 11.5 Å². The summed E-state index contributed by atoms with van der Waals surface area (Å²) in [5.41, 5.74) is 1.02. The van der Waals surface area contributed by atoms with Crippen molar-refractivity contribution in [2.24, 2.45) is 11.8 Å². The second kappa shape index (κ2) is 10.5. The Morgan fingerprint density at radius 1 is 1.06 bits per heavy atom. The molecule has 1 amide bonds. The van der Waals surface area contributed by atoms with Gasteiger partial charge in [-0.2, -0.15) is 4.98 Å². The topological polar surface area (TPSA) is 70.2 Å². The summed E-state index contributed by atoms with van der Waals surface area (Å²) in [4.78, 5) is 23.7. The van der Waals surface area contributed by atoms with E-state index < -0.39 is 5.82 Å². The molecule has 2 aromatic carbocycles. The van der Waals surface area contributed by atoms with E-state index in [1.807, 2.05) is 43.3 Å². The quantitative estimate of drug-likeness (QED) is 0.451. The summed E-state index contributed by atoms with van der Waals surface area (Å²) in [7, 11) is 3.98. The van der Waals surface area contributed by atoms with Crippen molar-refractivity contribution in [3.05, 3.63) is 58.3 Å². The van der Waals surface area contributed by atoms with Gasteiger partial charge in [0.25, 0.3) is 5.91 Å². The Hall–Kier alpha value is -2.74. The van der Waals surface area contributed by atoms with Crippen LogP contribution in [0.25, 0.3) is 10.9 Å². The number of hydrogen-bond donors (Lipinski definition) is 2. The van der Waals surface area contributed by atoms with Crippen molar-refractivity contribution < 1.29 is 9.18 Å². The highest BCUT2D eigenvalue weighted by Gasteiger charge is 2.22. The van der Waals surface area contributed by atoms with Crippen molar-refractivity contribution in [3.8, 4) is 0 Å². The van der Waals surface area contributed by atoms with Crippen LogP contribution in [0.1, 0.15) is 36.0 Å².